The van der Waals surface area contributed by atoms with Gasteiger partial charge in [0.15, 0.2) is 5.78 Å². The first-order valence-corrected chi connectivity index (χ1v) is 6.11. The van der Waals surface area contributed by atoms with Gasteiger partial charge in [0, 0.05) is 13.0 Å². The number of amides is 1. The van der Waals surface area contributed by atoms with Crippen LogP contribution in [0.1, 0.15) is 53.4 Å². The Hall–Kier alpha value is -0.860. The van der Waals surface area contributed by atoms with Crippen LogP contribution >= 0.6 is 0 Å². The summed E-state index contributed by atoms with van der Waals surface area (Å²) >= 11 is 0. The predicted molar refractivity (Wildman–Crippen MR) is 64.1 cm³/mol. The third-order valence-corrected chi connectivity index (χ3v) is 2.97. The van der Waals surface area contributed by atoms with Crippen molar-refractivity contribution >= 4 is 11.7 Å². The molecular weight excluding hydrogens is 202 g/mol. The second-order valence-corrected chi connectivity index (χ2v) is 5.95. The van der Waals surface area contributed by atoms with Gasteiger partial charge >= 0.3 is 0 Å². The first-order valence-electron chi connectivity index (χ1n) is 6.11. The van der Waals surface area contributed by atoms with E-state index in [1.807, 2.05) is 0 Å². The SMILES string of the molecule is CC(=O)C1CCCCN1C(=O)CC(C)(C)C. The number of hydrogen-bond acceptors (Lipinski definition) is 2. The van der Waals surface area contributed by atoms with Gasteiger partial charge in [-0.1, -0.05) is 20.8 Å². The van der Waals surface area contributed by atoms with Crippen molar-refractivity contribution < 1.29 is 9.59 Å². The Balaban J connectivity index is 2.68. The zero-order valence-corrected chi connectivity index (χ0v) is 10.9. The lowest BCUT2D eigenvalue weighted by atomic mass is 9.90. The quantitative estimate of drug-likeness (QED) is 0.723. The molecule has 0 spiro atoms. The minimum absolute atomic E-state index is 0.00410. The van der Waals surface area contributed by atoms with Crippen LogP contribution in [-0.4, -0.2) is 29.2 Å². The fraction of sp³-hybridized carbons (Fsp3) is 0.846. The van der Waals surface area contributed by atoms with Crippen LogP contribution in [0.25, 0.3) is 0 Å². The first kappa shape index (κ1) is 13.2. The summed E-state index contributed by atoms with van der Waals surface area (Å²) in [6.07, 6.45) is 3.45. The standard InChI is InChI=1S/C13H23NO2/c1-10(15)11-7-5-6-8-14(11)12(16)9-13(2,3)4/h11H,5-9H2,1-4H3. The molecule has 1 aliphatic rings. The third-order valence-electron chi connectivity index (χ3n) is 2.97. The van der Waals surface area contributed by atoms with Crippen LogP contribution in [0.2, 0.25) is 0 Å². The maximum Gasteiger partial charge on any atom is 0.223 e. The molecule has 1 rings (SSSR count). The molecule has 0 aromatic carbocycles. The Morgan fingerprint density at radius 2 is 1.88 bits per heavy atom. The van der Waals surface area contributed by atoms with Crippen molar-refractivity contribution in [3.63, 3.8) is 0 Å². The molecule has 0 radical (unpaired) electrons. The number of hydrogen-bond donors (Lipinski definition) is 0. The van der Waals surface area contributed by atoms with E-state index in [-0.39, 0.29) is 23.1 Å². The molecule has 1 atom stereocenters. The predicted octanol–water partition coefficient (Wildman–Crippen LogP) is 2.39. The van der Waals surface area contributed by atoms with E-state index in [1.54, 1.807) is 11.8 Å². The van der Waals surface area contributed by atoms with Gasteiger partial charge in [-0.2, -0.15) is 0 Å². The number of nitrogens with zero attached hydrogens (tertiary/aromatic N) is 1. The average molecular weight is 225 g/mol. The molecule has 1 heterocycles. The molecule has 3 heteroatoms. The number of carbonyl (C=O) groups is 2. The van der Waals surface area contributed by atoms with Crippen molar-refractivity contribution in [2.75, 3.05) is 6.54 Å². The fourth-order valence-corrected chi connectivity index (χ4v) is 2.21. The van der Waals surface area contributed by atoms with Crippen LogP contribution in [-0.2, 0) is 9.59 Å². The summed E-state index contributed by atoms with van der Waals surface area (Å²) in [7, 11) is 0. The van der Waals surface area contributed by atoms with Gasteiger partial charge in [0.2, 0.25) is 5.91 Å². The molecule has 0 saturated carbocycles. The minimum atomic E-state index is -0.163. The molecule has 0 bridgehead atoms. The highest BCUT2D eigenvalue weighted by Crippen LogP contribution is 2.24. The van der Waals surface area contributed by atoms with Gasteiger partial charge in [0.05, 0.1) is 6.04 Å². The molecule has 1 saturated heterocycles. The highest BCUT2D eigenvalue weighted by atomic mass is 16.2. The number of carbonyl (C=O) groups excluding carboxylic acids is 2. The van der Waals surface area contributed by atoms with Crippen molar-refractivity contribution in [2.45, 2.75) is 59.4 Å². The van der Waals surface area contributed by atoms with Gasteiger partial charge < -0.3 is 4.90 Å². The molecule has 0 aliphatic carbocycles. The monoisotopic (exact) mass is 225 g/mol. The lowest BCUT2D eigenvalue weighted by molar-refractivity contribution is -0.142. The van der Waals surface area contributed by atoms with E-state index in [0.29, 0.717) is 6.42 Å². The van der Waals surface area contributed by atoms with Crippen LogP contribution in [0.5, 0.6) is 0 Å². The second-order valence-electron chi connectivity index (χ2n) is 5.95. The summed E-state index contributed by atoms with van der Waals surface area (Å²) in [5.74, 6) is 0.259. The molecule has 3 nitrogen and oxygen atoms in total. The van der Waals surface area contributed by atoms with E-state index < -0.39 is 0 Å². The van der Waals surface area contributed by atoms with E-state index in [4.69, 9.17) is 0 Å². The lowest BCUT2D eigenvalue weighted by Crippen LogP contribution is -2.48. The highest BCUT2D eigenvalue weighted by Gasteiger charge is 2.31. The molecule has 1 amide bonds. The summed E-state index contributed by atoms with van der Waals surface area (Å²) in [5, 5.41) is 0. The summed E-state index contributed by atoms with van der Waals surface area (Å²) in [4.78, 5) is 25.4. The molecule has 0 N–H and O–H groups in total. The van der Waals surface area contributed by atoms with Gasteiger partial charge in [-0.15, -0.1) is 0 Å². The molecule has 92 valence electrons. The van der Waals surface area contributed by atoms with Gasteiger partial charge in [-0.25, -0.2) is 0 Å². The smallest absolute Gasteiger partial charge is 0.223 e. The minimum Gasteiger partial charge on any atom is -0.333 e. The Kier molecular flexibility index (Phi) is 4.11. The Morgan fingerprint density at radius 3 is 2.38 bits per heavy atom. The van der Waals surface area contributed by atoms with Crippen LogP contribution in [0.4, 0.5) is 0 Å². The van der Waals surface area contributed by atoms with E-state index in [1.165, 1.54) is 0 Å². The number of piperidine rings is 1. The van der Waals surface area contributed by atoms with Crippen LogP contribution < -0.4 is 0 Å². The maximum absolute atomic E-state index is 12.1. The average Bonchev–Trinajstić information content (AvgIpc) is 2.15. The van der Waals surface area contributed by atoms with Crippen molar-refractivity contribution in [1.82, 2.24) is 4.90 Å². The molecule has 1 unspecified atom stereocenters. The van der Waals surface area contributed by atoms with Gasteiger partial charge in [0.25, 0.3) is 0 Å². The van der Waals surface area contributed by atoms with Crippen molar-refractivity contribution in [1.29, 1.82) is 0 Å². The number of ketones is 1. The molecule has 1 aliphatic heterocycles. The second kappa shape index (κ2) is 4.98. The van der Waals surface area contributed by atoms with Crippen molar-refractivity contribution in [2.24, 2.45) is 5.41 Å². The lowest BCUT2D eigenvalue weighted by Gasteiger charge is -2.35. The van der Waals surface area contributed by atoms with Crippen LogP contribution in [0.15, 0.2) is 0 Å². The zero-order valence-electron chi connectivity index (χ0n) is 10.9. The van der Waals surface area contributed by atoms with E-state index >= 15 is 0 Å². The van der Waals surface area contributed by atoms with Crippen molar-refractivity contribution in [3.05, 3.63) is 0 Å². The van der Waals surface area contributed by atoms with Crippen LogP contribution in [0, 0.1) is 5.41 Å². The van der Waals surface area contributed by atoms with E-state index in [9.17, 15) is 9.59 Å². The third kappa shape index (κ3) is 3.62. The van der Waals surface area contributed by atoms with Crippen LogP contribution in [0.3, 0.4) is 0 Å². The van der Waals surface area contributed by atoms with E-state index in [2.05, 4.69) is 20.8 Å². The fourth-order valence-electron chi connectivity index (χ4n) is 2.21. The number of Topliss-reactive ketones (excluding diaryl/α,β-unsaturated/α-hetero) is 1. The summed E-state index contributed by atoms with van der Waals surface area (Å²) < 4.78 is 0. The van der Waals surface area contributed by atoms with Gasteiger partial charge in [-0.3, -0.25) is 9.59 Å². The molecular formula is C13H23NO2. The molecule has 16 heavy (non-hydrogen) atoms. The number of rotatable bonds is 2. The normalized spacial score (nSPS) is 22.0. The van der Waals surface area contributed by atoms with Crippen molar-refractivity contribution in [3.8, 4) is 0 Å². The summed E-state index contributed by atoms with van der Waals surface area (Å²) in [5.41, 5.74) is -0.00410. The van der Waals surface area contributed by atoms with Gasteiger partial charge in [-0.05, 0) is 31.6 Å². The topological polar surface area (TPSA) is 37.4 Å². The first-order chi connectivity index (χ1) is 7.31. The largest absolute Gasteiger partial charge is 0.333 e. The van der Waals surface area contributed by atoms with Gasteiger partial charge in [0.1, 0.15) is 0 Å². The summed E-state index contributed by atoms with van der Waals surface area (Å²) in [6.45, 7) is 8.50. The zero-order chi connectivity index (χ0) is 12.3. The Morgan fingerprint density at radius 1 is 1.25 bits per heavy atom. The molecule has 0 aromatic heterocycles. The Bertz CT molecular complexity index is 278. The summed E-state index contributed by atoms with van der Waals surface area (Å²) in [6, 6.07) is -0.163. The van der Waals surface area contributed by atoms with E-state index in [0.717, 1.165) is 25.8 Å². The highest BCUT2D eigenvalue weighted by molar-refractivity contribution is 5.87. The number of likely N-dealkylation sites (tertiary alicyclic amines) is 1. The molecule has 0 aromatic rings. The Labute approximate surface area is 98.2 Å². The maximum atomic E-state index is 12.1. The molecule has 1 fully saturated rings.